The van der Waals surface area contributed by atoms with Crippen LogP contribution in [-0.2, 0) is 6.54 Å². The predicted octanol–water partition coefficient (Wildman–Crippen LogP) is 2.89. The van der Waals surface area contributed by atoms with Crippen molar-refractivity contribution in [3.05, 3.63) is 53.1 Å². The van der Waals surface area contributed by atoms with Gasteiger partial charge in [-0.05, 0) is 44.4 Å². The summed E-state index contributed by atoms with van der Waals surface area (Å²) in [6, 6.07) is 6.74. The molecule has 0 aromatic carbocycles. The highest BCUT2D eigenvalue weighted by molar-refractivity contribution is 5.58. The summed E-state index contributed by atoms with van der Waals surface area (Å²) in [6.45, 7) is 5.69. The summed E-state index contributed by atoms with van der Waals surface area (Å²) in [4.78, 5) is 11.3. The Morgan fingerprint density at radius 3 is 2.95 bits per heavy atom. The number of nitrogens with zero attached hydrogens (tertiary/aromatic N) is 3. The molecule has 3 rings (SSSR count). The molecule has 0 amide bonds. The van der Waals surface area contributed by atoms with E-state index in [2.05, 4.69) is 27.0 Å². The molecule has 2 N–H and O–H groups in total. The number of aryl methyl sites for hydroxylation is 2. The van der Waals surface area contributed by atoms with Crippen LogP contribution < -0.4 is 10.6 Å². The van der Waals surface area contributed by atoms with Gasteiger partial charge < -0.3 is 10.6 Å². The fourth-order valence-corrected chi connectivity index (χ4v) is 3.32. The molecule has 1 atom stereocenters. The first-order valence-electron chi connectivity index (χ1n) is 7.54. The Bertz CT molecular complexity index is 624. The third kappa shape index (κ3) is 2.63. The van der Waals surface area contributed by atoms with Crippen molar-refractivity contribution in [2.45, 2.75) is 39.3 Å². The Kier molecular flexibility index (Phi) is 3.88. The van der Waals surface area contributed by atoms with Crippen LogP contribution >= 0.6 is 0 Å². The van der Waals surface area contributed by atoms with Crippen molar-refractivity contribution in [2.75, 3.05) is 11.4 Å². The van der Waals surface area contributed by atoms with Gasteiger partial charge in [-0.1, -0.05) is 6.07 Å². The van der Waals surface area contributed by atoms with Crippen LogP contribution in [0.15, 0.2) is 30.6 Å². The van der Waals surface area contributed by atoms with E-state index in [1.54, 1.807) is 0 Å². The maximum Gasteiger partial charge on any atom is 0.0558 e. The van der Waals surface area contributed by atoms with Crippen molar-refractivity contribution in [1.82, 2.24) is 9.97 Å². The van der Waals surface area contributed by atoms with E-state index in [4.69, 9.17) is 5.73 Å². The standard InChI is InChI=1S/C17H22N4/c1-12-9-17(15(10-18)13(2)20-12)21-8-4-6-16(21)14-5-3-7-19-11-14/h3,5,7,9,11,16H,4,6,8,10,18H2,1-2H3. The lowest BCUT2D eigenvalue weighted by atomic mass is 10.0. The summed E-state index contributed by atoms with van der Waals surface area (Å²) in [7, 11) is 0. The summed E-state index contributed by atoms with van der Waals surface area (Å²) in [5.41, 5.74) is 11.8. The van der Waals surface area contributed by atoms with Crippen molar-refractivity contribution in [3.63, 3.8) is 0 Å². The lowest BCUT2D eigenvalue weighted by molar-refractivity contribution is 0.710. The van der Waals surface area contributed by atoms with Crippen LogP contribution in [0, 0.1) is 13.8 Å². The number of hydrogen-bond donors (Lipinski definition) is 1. The van der Waals surface area contributed by atoms with Crippen LogP contribution in [-0.4, -0.2) is 16.5 Å². The Hall–Kier alpha value is -1.94. The van der Waals surface area contributed by atoms with E-state index in [1.807, 2.05) is 32.3 Å². The highest BCUT2D eigenvalue weighted by Gasteiger charge is 2.28. The molecule has 1 fully saturated rings. The van der Waals surface area contributed by atoms with Crippen LogP contribution in [0.4, 0.5) is 5.69 Å². The summed E-state index contributed by atoms with van der Waals surface area (Å²) >= 11 is 0. The van der Waals surface area contributed by atoms with Gasteiger partial charge in [-0.25, -0.2) is 0 Å². The largest absolute Gasteiger partial charge is 0.364 e. The van der Waals surface area contributed by atoms with Crippen molar-refractivity contribution in [2.24, 2.45) is 5.73 Å². The molecule has 4 heteroatoms. The summed E-state index contributed by atoms with van der Waals surface area (Å²) in [6.07, 6.45) is 6.17. The van der Waals surface area contributed by atoms with E-state index in [1.165, 1.54) is 17.7 Å². The third-order valence-corrected chi connectivity index (χ3v) is 4.27. The first-order chi connectivity index (χ1) is 10.2. The first kappa shape index (κ1) is 14.0. The number of anilines is 1. The van der Waals surface area contributed by atoms with Gasteiger partial charge in [-0.3, -0.25) is 9.97 Å². The maximum atomic E-state index is 5.97. The monoisotopic (exact) mass is 282 g/mol. The fraction of sp³-hybridized carbons (Fsp3) is 0.412. The molecule has 0 radical (unpaired) electrons. The quantitative estimate of drug-likeness (QED) is 0.940. The lowest BCUT2D eigenvalue weighted by Gasteiger charge is -2.29. The summed E-state index contributed by atoms with van der Waals surface area (Å²) in [5, 5.41) is 0. The SMILES string of the molecule is Cc1cc(N2CCCC2c2cccnc2)c(CN)c(C)n1. The molecule has 1 aliphatic rings. The van der Waals surface area contributed by atoms with E-state index < -0.39 is 0 Å². The van der Waals surface area contributed by atoms with Crippen molar-refractivity contribution in [3.8, 4) is 0 Å². The van der Waals surface area contributed by atoms with Gasteiger partial charge in [0.25, 0.3) is 0 Å². The Labute approximate surface area is 126 Å². The van der Waals surface area contributed by atoms with Gasteiger partial charge >= 0.3 is 0 Å². The third-order valence-electron chi connectivity index (χ3n) is 4.27. The van der Waals surface area contributed by atoms with Crippen LogP contribution in [0.1, 0.15) is 41.4 Å². The van der Waals surface area contributed by atoms with Gasteiger partial charge in [0, 0.05) is 48.1 Å². The van der Waals surface area contributed by atoms with Crippen LogP contribution in [0.25, 0.3) is 0 Å². The molecule has 2 aromatic heterocycles. The van der Waals surface area contributed by atoms with E-state index >= 15 is 0 Å². The minimum atomic E-state index is 0.394. The average Bonchev–Trinajstić information content (AvgIpc) is 2.96. The van der Waals surface area contributed by atoms with Crippen LogP contribution in [0.2, 0.25) is 0 Å². The molecule has 110 valence electrons. The second-order valence-electron chi connectivity index (χ2n) is 5.69. The van der Waals surface area contributed by atoms with Gasteiger partial charge in [0.05, 0.1) is 6.04 Å². The second-order valence-corrected chi connectivity index (χ2v) is 5.69. The number of nitrogens with two attached hydrogens (primary N) is 1. The zero-order chi connectivity index (χ0) is 14.8. The Balaban J connectivity index is 2.03. The zero-order valence-electron chi connectivity index (χ0n) is 12.7. The Morgan fingerprint density at radius 1 is 1.38 bits per heavy atom. The molecule has 0 saturated carbocycles. The predicted molar refractivity (Wildman–Crippen MR) is 85.2 cm³/mol. The summed E-state index contributed by atoms with van der Waals surface area (Å²) in [5.74, 6) is 0. The first-order valence-corrected chi connectivity index (χ1v) is 7.54. The maximum absolute atomic E-state index is 5.97. The minimum Gasteiger partial charge on any atom is -0.364 e. The molecular weight excluding hydrogens is 260 g/mol. The zero-order valence-corrected chi connectivity index (χ0v) is 12.7. The molecule has 1 unspecified atom stereocenters. The average molecular weight is 282 g/mol. The molecule has 21 heavy (non-hydrogen) atoms. The Morgan fingerprint density at radius 2 is 2.24 bits per heavy atom. The van der Waals surface area contributed by atoms with Crippen molar-refractivity contribution >= 4 is 5.69 Å². The van der Waals surface area contributed by atoms with Gasteiger partial charge in [-0.15, -0.1) is 0 Å². The van der Waals surface area contributed by atoms with Gasteiger partial charge in [0.1, 0.15) is 0 Å². The van der Waals surface area contributed by atoms with Gasteiger partial charge in [0.2, 0.25) is 0 Å². The van der Waals surface area contributed by atoms with E-state index in [9.17, 15) is 0 Å². The number of rotatable bonds is 3. The normalized spacial score (nSPS) is 18.2. The number of hydrogen-bond acceptors (Lipinski definition) is 4. The van der Waals surface area contributed by atoms with Gasteiger partial charge in [-0.2, -0.15) is 0 Å². The molecule has 1 aliphatic heterocycles. The molecule has 1 saturated heterocycles. The summed E-state index contributed by atoms with van der Waals surface area (Å²) < 4.78 is 0. The lowest BCUT2D eigenvalue weighted by Crippen LogP contribution is -2.25. The van der Waals surface area contributed by atoms with Crippen LogP contribution in [0.5, 0.6) is 0 Å². The highest BCUT2D eigenvalue weighted by Crippen LogP contribution is 2.38. The molecule has 0 spiro atoms. The smallest absolute Gasteiger partial charge is 0.0558 e. The fourth-order valence-electron chi connectivity index (χ4n) is 3.32. The molecular formula is C17H22N4. The van der Waals surface area contributed by atoms with Crippen molar-refractivity contribution in [1.29, 1.82) is 0 Å². The molecule has 2 aromatic rings. The molecule has 0 bridgehead atoms. The molecule has 3 heterocycles. The van der Waals surface area contributed by atoms with E-state index in [0.717, 1.165) is 29.9 Å². The van der Waals surface area contributed by atoms with Gasteiger partial charge in [0.15, 0.2) is 0 Å². The van der Waals surface area contributed by atoms with E-state index in [0.29, 0.717) is 12.6 Å². The highest BCUT2D eigenvalue weighted by atomic mass is 15.2. The topological polar surface area (TPSA) is 55.0 Å². The molecule has 0 aliphatic carbocycles. The number of aromatic nitrogens is 2. The van der Waals surface area contributed by atoms with Crippen LogP contribution in [0.3, 0.4) is 0 Å². The second kappa shape index (κ2) is 5.82. The molecule has 4 nitrogen and oxygen atoms in total. The number of pyridine rings is 2. The van der Waals surface area contributed by atoms with Crippen molar-refractivity contribution < 1.29 is 0 Å². The minimum absolute atomic E-state index is 0.394. The van der Waals surface area contributed by atoms with E-state index in [-0.39, 0.29) is 0 Å².